The summed E-state index contributed by atoms with van der Waals surface area (Å²) < 4.78 is 5.81. The minimum absolute atomic E-state index is 0.0216. The summed E-state index contributed by atoms with van der Waals surface area (Å²) in [5.74, 6) is 0.692. The summed E-state index contributed by atoms with van der Waals surface area (Å²) in [6.45, 7) is 5.73. The molecule has 1 atom stereocenters. The van der Waals surface area contributed by atoms with Gasteiger partial charge in [0.15, 0.2) is 0 Å². The van der Waals surface area contributed by atoms with Gasteiger partial charge in [-0.2, -0.15) is 0 Å². The third-order valence-electron chi connectivity index (χ3n) is 6.13. The Kier molecular flexibility index (Phi) is 8.48. The summed E-state index contributed by atoms with van der Waals surface area (Å²) in [7, 11) is 0. The number of carbonyl (C=O) groups excluding carboxylic acids is 2. The molecule has 182 valence electrons. The number of benzene rings is 3. The van der Waals surface area contributed by atoms with E-state index in [4.69, 9.17) is 4.74 Å². The van der Waals surface area contributed by atoms with Crippen molar-refractivity contribution in [1.29, 1.82) is 0 Å². The molecule has 0 spiro atoms. The molecule has 0 aromatic heterocycles. The minimum atomic E-state index is -0.260. The maximum Gasteiger partial charge on any atom is 0.241 e. The first-order chi connectivity index (χ1) is 17.1. The third kappa shape index (κ3) is 7.40. The molecule has 0 saturated carbocycles. The topological polar surface area (TPSA) is 73.9 Å². The fraction of sp³-hybridized carbons (Fsp3) is 0.286. The Morgan fingerprint density at radius 1 is 0.800 bits per heavy atom. The van der Waals surface area contributed by atoms with E-state index < -0.39 is 0 Å². The smallest absolute Gasteiger partial charge is 0.241 e. The van der Waals surface area contributed by atoms with Crippen LogP contribution in [0.4, 0.5) is 11.4 Å². The molecule has 7 heteroatoms. The summed E-state index contributed by atoms with van der Waals surface area (Å²) >= 11 is 0. The molecule has 1 fully saturated rings. The van der Waals surface area contributed by atoms with E-state index in [9.17, 15) is 9.59 Å². The molecule has 0 aliphatic carbocycles. The van der Waals surface area contributed by atoms with E-state index in [1.165, 1.54) is 0 Å². The van der Waals surface area contributed by atoms with Crippen LogP contribution < -0.4 is 15.4 Å². The van der Waals surface area contributed by atoms with E-state index in [-0.39, 0.29) is 17.9 Å². The van der Waals surface area contributed by atoms with Gasteiger partial charge in [0.05, 0.1) is 12.6 Å². The zero-order valence-electron chi connectivity index (χ0n) is 20.0. The van der Waals surface area contributed by atoms with Crippen molar-refractivity contribution in [2.75, 3.05) is 43.4 Å². The van der Waals surface area contributed by atoms with Crippen LogP contribution in [0.3, 0.4) is 0 Å². The van der Waals surface area contributed by atoms with Crippen molar-refractivity contribution >= 4 is 23.2 Å². The van der Waals surface area contributed by atoms with Gasteiger partial charge >= 0.3 is 0 Å². The zero-order valence-corrected chi connectivity index (χ0v) is 20.0. The molecule has 1 aliphatic rings. The molecule has 3 aromatic rings. The number of piperazine rings is 1. The molecule has 3 aromatic carbocycles. The van der Waals surface area contributed by atoms with E-state index in [1.54, 1.807) is 0 Å². The number of anilines is 2. The van der Waals surface area contributed by atoms with Crippen molar-refractivity contribution in [2.24, 2.45) is 0 Å². The summed E-state index contributed by atoms with van der Waals surface area (Å²) in [6, 6.07) is 26.6. The second-order valence-corrected chi connectivity index (χ2v) is 8.69. The van der Waals surface area contributed by atoms with Crippen LogP contribution >= 0.6 is 0 Å². The standard InChI is InChI=1S/C28H32N4O3/c1-22(32-18-16-31(17-19-32)20-27(33)29-24-10-6-3-7-11-24)28(34)30-25-12-14-26(15-13-25)35-21-23-8-4-2-5-9-23/h2-15,22H,16-21H2,1H3,(H,29,33)(H,30,34). The highest BCUT2D eigenvalue weighted by atomic mass is 16.5. The average molecular weight is 473 g/mol. The lowest BCUT2D eigenvalue weighted by atomic mass is 10.2. The normalized spacial score (nSPS) is 15.2. The van der Waals surface area contributed by atoms with Crippen molar-refractivity contribution in [1.82, 2.24) is 9.80 Å². The first-order valence-electron chi connectivity index (χ1n) is 12.0. The summed E-state index contributed by atoms with van der Waals surface area (Å²) in [4.78, 5) is 29.4. The molecule has 2 N–H and O–H groups in total. The maximum absolute atomic E-state index is 12.8. The quantitative estimate of drug-likeness (QED) is 0.495. The molecular formula is C28H32N4O3. The van der Waals surface area contributed by atoms with Crippen LogP contribution in [0.5, 0.6) is 5.75 Å². The molecule has 2 amide bonds. The Balaban J connectivity index is 1.19. The fourth-order valence-electron chi connectivity index (χ4n) is 4.02. The van der Waals surface area contributed by atoms with Crippen molar-refractivity contribution in [3.8, 4) is 5.75 Å². The van der Waals surface area contributed by atoms with E-state index in [1.807, 2.05) is 91.9 Å². The molecule has 0 radical (unpaired) electrons. The zero-order chi connectivity index (χ0) is 24.5. The van der Waals surface area contributed by atoms with Gasteiger partial charge in [0, 0.05) is 37.6 Å². The van der Waals surface area contributed by atoms with E-state index >= 15 is 0 Å². The molecule has 1 saturated heterocycles. The number of para-hydroxylation sites is 1. The van der Waals surface area contributed by atoms with E-state index in [0.29, 0.717) is 13.2 Å². The van der Waals surface area contributed by atoms with E-state index in [2.05, 4.69) is 20.4 Å². The summed E-state index contributed by atoms with van der Waals surface area (Å²) in [5.41, 5.74) is 2.65. The second kappa shape index (κ2) is 12.1. The van der Waals surface area contributed by atoms with Gasteiger partial charge in [-0.25, -0.2) is 0 Å². The monoisotopic (exact) mass is 472 g/mol. The van der Waals surface area contributed by atoms with Gasteiger partial charge in [-0.05, 0) is 48.9 Å². The number of carbonyl (C=O) groups is 2. The number of nitrogens with one attached hydrogen (secondary N) is 2. The number of ether oxygens (including phenoxy) is 1. The minimum Gasteiger partial charge on any atom is -0.489 e. The lowest BCUT2D eigenvalue weighted by molar-refractivity contribution is -0.122. The van der Waals surface area contributed by atoms with Crippen molar-refractivity contribution in [3.05, 3.63) is 90.5 Å². The molecule has 1 aliphatic heterocycles. The number of hydrogen-bond acceptors (Lipinski definition) is 5. The predicted molar refractivity (Wildman–Crippen MR) is 138 cm³/mol. The fourth-order valence-corrected chi connectivity index (χ4v) is 4.02. The van der Waals surface area contributed by atoms with Crippen LogP contribution in [0.2, 0.25) is 0 Å². The van der Waals surface area contributed by atoms with Gasteiger partial charge in [0.25, 0.3) is 0 Å². The van der Waals surface area contributed by atoms with Crippen molar-refractivity contribution in [3.63, 3.8) is 0 Å². The van der Waals surface area contributed by atoms with Gasteiger partial charge in [-0.3, -0.25) is 19.4 Å². The number of nitrogens with zero attached hydrogens (tertiary/aromatic N) is 2. The Hall–Kier alpha value is -3.68. The predicted octanol–water partition coefficient (Wildman–Crippen LogP) is 3.85. The first-order valence-corrected chi connectivity index (χ1v) is 12.0. The third-order valence-corrected chi connectivity index (χ3v) is 6.13. The second-order valence-electron chi connectivity index (χ2n) is 8.69. The molecule has 1 unspecified atom stereocenters. The maximum atomic E-state index is 12.8. The van der Waals surface area contributed by atoms with Crippen LogP contribution in [-0.4, -0.2) is 60.4 Å². The van der Waals surface area contributed by atoms with Crippen molar-refractivity contribution < 1.29 is 14.3 Å². The van der Waals surface area contributed by atoms with Gasteiger partial charge in [0.2, 0.25) is 11.8 Å². The Bertz CT molecular complexity index is 1080. The van der Waals surface area contributed by atoms with Crippen LogP contribution in [0, 0.1) is 0 Å². The molecular weight excluding hydrogens is 440 g/mol. The molecule has 7 nitrogen and oxygen atoms in total. The van der Waals surface area contributed by atoms with Crippen LogP contribution in [0.15, 0.2) is 84.9 Å². The molecule has 0 bridgehead atoms. The largest absolute Gasteiger partial charge is 0.489 e. The molecule has 35 heavy (non-hydrogen) atoms. The first kappa shape index (κ1) is 24.4. The lowest BCUT2D eigenvalue weighted by Crippen LogP contribution is -2.53. The number of amides is 2. The Morgan fingerprint density at radius 3 is 2.06 bits per heavy atom. The van der Waals surface area contributed by atoms with Gasteiger partial charge in [0.1, 0.15) is 12.4 Å². The summed E-state index contributed by atoms with van der Waals surface area (Å²) in [6.07, 6.45) is 0. The SMILES string of the molecule is CC(C(=O)Nc1ccc(OCc2ccccc2)cc1)N1CCN(CC(=O)Nc2ccccc2)CC1. The van der Waals surface area contributed by atoms with Crippen LogP contribution in [0.25, 0.3) is 0 Å². The molecule has 1 heterocycles. The van der Waals surface area contributed by atoms with Crippen LogP contribution in [0.1, 0.15) is 12.5 Å². The van der Waals surface area contributed by atoms with Crippen molar-refractivity contribution in [2.45, 2.75) is 19.6 Å². The highest BCUT2D eigenvalue weighted by Crippen LogP contribution is 2.18. The Morgan fingerprint density at radius 2 is 1.40 bits per heavy atom. The average Bonchev–Trinajstić information content (AvgIpc) is 2.89. The highest BCUT2D eigenvalue weighted by Gasteiger charge is 2.26. The van der Waals surface area contributed by atoms with Gasteiger partial charge in [-0.15, -0.1) is 0 Å². The lowest BCUT2D eigenvalue weighted by Gasteiger charge is -2.37. The highest BCUT2D eigenvalue weighted by molar-refractivity contribution is 5.94. The molecule has 4 rings (SSSR count). The number of hydrogen-bond donors (Lipinski definition) is 2. The van der Waals surface area contributed by atoms with E-state index in [0.717, 1.165) is 48.9 Å². The van der Waals surface area contributed by atoms with Crippen LogP contribution in [-0.2, 0) is 16.2 Å². The number of rotatable bonds is 9. The van der Waals surface area contributed by atoms with Gasteiger partial charge in [-0.1, -0.05) is 48.5 Å². The Labute approximate surface area is 206 Å². The van der Waals surface area contributed by atoms with Gasteiger partial charge < -0.3 is 15.4 Å². The summed E-state index contributed by atoms with van der Waals surface area (Å²) in [5, 5.41) is 5.92.